The molecule has 2 aromatic rings. The van der Waals surface area contributed by atoms with Gasteiger partial charge in [0.15, 0.2) is 6.61 Å². The molecule has 28 heavy (non-hydrogen) atoms. The Labute approximate surface area is 160 Å². The molecule has 0 atom stereocenters. The van der Waals surface area contributed by atoms with E-state index in [0.717, 1.165) is 12.1 Å². The molecule has 148 valence electrons. The van der Waals surface area contributed by atoms with Gasteiger partial charge in [-0.05, 0) is 48.0 Å². The molecule has 0 aliphatic rings. The van der Waals surface area contributed by atoms with Gasteiger partial charge in [-0.1, -0.05) is 12.1 Å². The third-order valence-electron chi connectivity index (χ3n) is 3.65. The van der Waals surface area contributed by atoms with E-state index in [2.05, 4.69) is 5.32 Å². The zero-order valence-electron chi connectivity index (χ0n) is 15.3. The lowest BCUT2D eigenvalue weighted by Crippen LogP contribution is -2.27. The third kappa shape index (κ3) is 6.46. The molecular formula is C20H19F3N2O3. The smallest absolute Gasteiger partial charge is 0.416 e. The summed E-state index contributed by atoms with van der Waals surface area (Å²) in [4.78, 5) is 24.8. The number of halogens is 3. The van der Waals surface area contributed by atoms with Gasteiger partial charge in [-0.2, -0.15) is 13.2 Å². The second-order valence-electron chi connectivity index (χ2n) is 6.04. The predicted octanol–water partition coefficient (Wildman–Crippen LogP) is 3.82. The summed E-state index contributed by atoms with van der Waals surface area (Å²) in [5.74, 6) is -0.129. The molecule has 2 amide bonds. The molecule has 2 aromatic carbocycles. The van der Waals surface area contributed by atoms with E-state index >= 15 is 0 Å². The van der Waals surface area contributed by atoms with Gasteiger partial charge in [0.25, 0.3) is 5.91 Å². The van der Waals surface area contributed by atoms with Crippen molar-refractivity contribution in [2.24, 2.45) is 0 Å². The minimum absolute atomic E-state index is 0.0887. The molecule has 0 aromatic heterocycles. The molecule has 5 nitrogen and oxygen atoms in total. The van der Waals surface area contributed by atoms with Crippen LogP contribution in [0.1, 0.15) is 11.1 Å². The van der Waals surface area contributed by atoms with E-state index in [1.165, 1.54) is 29.2 Å². The van der Waals surface area contributed by atoms with E-state index in [1.807, 2.05) is 0 Å². The number of carbonyl (C=O) groups excluding carboxylic acids is 2. The lowest BCUT2D eigenvalue weighted by Gasteiger charge is -2.11. The van der Waals surface area contributed by atoms with Gasteiger partial charge in [0.05, 0.1) is 5.56 Å². The molecule has 0 radical (unpaired) electrons. The normalized spacial score (nSPS) is 11.3. The molecule has 0 saturated carbocycles. The fraction of sp³-hybridized carbons (Fsp3) is 0.200. The summed E-state index contributed by atoms with van der Waals surface area (Å²) < 4.78 is 42.9. The van der Waals surface area contributed by atoms with Gasteiger partial charge in [-0.15, -0.1) is 0 Å². The number of benzene rings is 2. The lowest BCUT2D eigenvalue weighted by molar-refractivity contribution is -0.137. The van der Waals surface area contributed by atoms with Gasteiger partial charge in [0, 0.05) is 25.9 Å². The van der Waals surface area contributed by atoms with Crippen molar-refractivity contribution in [1.29, 1.82) is 0 Å². The summed E-state index contributed by atoms with van der Waals surface area (Å²) in [6.45, 7) is -0.0887. The maximum atomic E-state index is 12.5. The number of nitrogens with zero attached hydrogens (tertiary/aromatic N) is 1. The standard InChI is InChI=1S/C20H19F3N2O3/c1-25(2)19(27)13-28-17-10-8-16(9-11-17)24-18(26)12-5-14-3-6-15(7-4-14)20(21,22)23/h3-12H,13H2,1-2H3,(H,24,26)/b12-5+. The number of rotatable bonds is 6. The number of carbonyl (C=O) groups is 2. The first-order valence-electron chi connectivity index (χ1n) is 8.24. The zero-order valence-corrected chi connectivity index (χ0v) is 15.3. The second kappa shape index (κ2) is 9.07. The molecule has 0 heterocycles. The van der Waals surface area contributed by atoms with Gasteiger partial charge < -0.3 is 15.0 Å². The van der Waals surface area contributed by atoms with Crippen LogP contribution in [0, 0.1) is 0 Å². The SMILES string of the molecule is CN(C)C(=O)COc1ccc(NC(=O)/C=C/c2ccc(C(F)(F)F)cc2)cc1. The van der Waals surface area contributed by atoms with Crippen LogP contribution < -0.4 is 10.1 Å². The molecule has 0 saturated heterocycles. The summed E-state index contributed by atoms with van der Waals surface area (Å²) in [5.41, 5.74) is 0.231. The number of ether oxygens (including phenoxy) is 1. The van der Waals surface area contributed by atoms with E-state index in [9.17, 15) is 22.8 Å². The highest BCUT2D eigenvalue weighted by Crippen LogP contribution is 2.29. The van der Waals surface area contributed by atoms with Crippen LogP contribution in [-0.2, 0) is 15.8 Å². The highest BCUT2D eigenvalue weighted by Gasteiger charge is 2.29. The fourth-order valence-electron chi connectivity index (χ4n) is 2.05. The molecule has 0 unspecified atom stereocenters. The van der Waals surface area contributed by atoms with Crippen molar-refractivity contribution in [3.63, 3.8) is 0 Å². The van der Waals surface area contributed by atoms with Crippen LogP contribution >= 0.6 is 0 Å². The van der Waals surface area contributed by atoms with E-state index in [0.29, 0.717) is 17.0 Å². The summed E-state index contributed by atoms with van der Waals surface area (Å²) in [7, 11) is 3.26. The first-order valence-corrected chi connectivity index (χ1v) is 8.24. The van der Waals surface area contributed by atoms with Crippen molar-refractivity contribution in [3.05, 3.63) is 65.7 Å². The minimum atomic E-state index is -4.39. The van der Waals surface area contributed by atoms with Gasteiger partial charge in [-0.25, -0.2) is 0 Å². The van der Waals surface area contributed by atoms with Crippen molar-refractivity contribution < 1.29 is 27.5 Å². The summed E-state index contributed by atoms with van der Waals surface area (Å²) >= 11 is 0. The van der Waals surface area contributed by atoms with Crippen LogP contribution in [0.3, 0.4) is 0 Å². The van der Waals surface area contributed by atoms with E-state index < -0.39 is 17.6 Å². The Hall–Kier alpha value is -3.29. The van der Waals surface area contributed by atoms with Crippen molar-refractivity contribution in [2.45, 2.75) is 6.18 Å². The maximum Gasteiger partial charge on any atom is 0.416 e. The number of anilines is 1. The quantitative estimate of drug-likeness (QED) is 0.761. The first kappa shape index (κ1) is 21.0. The summed E-state index contributed by atoms with van der Waals surface area (Å²) in [6, 6.07) is 10.9. The number of hydrogen-bond donors (Lipinski definition) is 1. The van der Waals surface area contributed by atoms with E-state index in [1.54, 1.807) is 38.4 Å². The van der Waals surface area contributed by atoms with Crippen molar-refractivity contribution in [2.75, 3.05) is 26.0 Å². The Bertz CT molecular complexity index is 842. The molecule has 8 heteroatoms. The molecule has 0 fully saturated rings. The Morgan fingerprint density at radius 1 is 1.04 bits per heavy atom. The summed E-state index contributed by atoms with van der Waals surface area (Å²) in [5, 5.41) is 2.62. The van der Waals surface area contributed by atoms with Crippen LogP contribution in [-0.4, -0.2) is 37.4 Å². The largest absolute Gasteiger partial charge is 0.484 e. The van der Waals surface area contributed by atoms with Crippen LogP contribution in [0.25, 0.3) is 6.08 Å². The van der Waals surface area contributed by atoms with Crippen LogP contribution in [0.5, 0.6) is 5.75 Å². The van der Waals surface area contributed by atoms with E-state index in [-0.39, 0.29) is 12.5 Å². The minimum Gasteiger partial charge on any atom is -0.484 e. The second-order valence-corrected chi connectivity index (χ2v) is 6.04. The Morgan fingerprint density at radius 2 is 1.64 bits per heavy atom. The summed E-state index contributed by atoms with van der Waals surface area (Å²) in [6.07, 6.45) is -1.75. The average molecular weight is 392 g/mol. The first-order chi connectivity index (χ1) is 13.1. The number of nitrogens with one attached hydrogen (secondary N) is 1. The third-order valence-corrected chi connectivity index (χ3v) is 3.65. The maximum absolute atomic E-state index is 12.5. The molecule has 0 bridgehead atoms. The molecule has 1 N–H and O–H groups in total. The Kier molecular flexibility index (Phi) is 6.81. The number of alkyl halides is 3. The molecule has 0 spiro atoms. The van der Waals surface area contributed by atoms with Crippen molar-refractivity contribution in [3.8, 4) is 5.75 Å². The number of amides is 2. The molecule has 0 aliphatic carbocycles. The van der Waals surface area contributed by atoms with Crippen LogP contribution in [0.15, 0.2) is 54.6 Å². The Morgan fingerprint density at radius 3 is 2.18 bits per heavy atom. The monoisotopic (exact) mass is 392 g/mol. The number of hydrogen-bond acceptors (Lipinski definition) is 3. The van der Waals surface area contributed by atoms with Crippen LogP contribution in [0.4, 0.5) is 18.9 Å². The highest BCUT2D eigenvalue weighted by atomic mass is 19.4. The van der Waals surface area contributed by atoms with Gasteiger partial charge >= 0.3 is 6.18 Å². The predicted molar refractivity (Wildman–Crippen MR) is 99.7 cm³/mol. The molecule has 0 aliphatic heterocycles. The average Bonchev–Trinajstić information content (AvgIpc) is 2.65. The Balaban J connectivity index is 1.88. The highest BCUT2D eigenvalue weighted by molar-refractivity contribution is 6.01. The van der Waals surface area contributed by atoms with Gasteiger partial charge in [0.2, 0.25) is 5.91 Å². The molecule has 2 rings (SSSR count). The van der Waals surface area contributed by atoms with Crippen molar-refractivity contribution in [1.82, 2.24) is 4.90 Å². The number of likely N-dealkylation sites (N-methyl/N-ethyl adjacent to an activating group) is 1. The lowest BCUT2D eigenvalue weighted by atomic mass is 10.1. The fourth-order valence-corrected chi connectivity index (χ4v) is 2.05. The van der Waals surface area contributed by atoms with Gasteiger partial charge in [0.1, 0.15) is 5.75 Å². The zero-order chi connectivity index (χ0) is 20.7. The van der Waals surface area contributed by atoms with Crippen molar-refractivity contribution >= 4 is 23.6 Å². The van der Waals surface area contributed by atoms with Crippen LogP contribution in [0.2, 0.25) is 0 Å². The van der Waals surface area contributed by atoms with Gasteiger partial charge in [-0.3, -0.25) is 9.59 Å². The van der Waals surface area contributed by atoms with E-state index in [4.69, 9.17) is 4.74 Å². The molecular weight excluding hydrogens is 373 g/mol. The topological polar surface area (TPSA) is 58.6 Å².